The minimum Gasteiger partial charge on any atom is -0.478 e. The Bertz CT molecular complexity index is 469. The predicted molar refractivity (Wildman–Crippen MR) is 61.6 cm³/mol. The van der Waals surface area contributed by atoms with Crippen molar-refractivity contribution in [2.75, 3.05) is 6.54 Å². The molecule has 0 spiro atoms. The first-order valence-corrected chi connectivity index (χ1v) is 5.02. The van der Waals surface area contributed by atoms with Crippen LogP contribution in [0.5, 0.6) is 0 Å². The highest BCUT2D eigenvalue weighted by Crippen LogP contribution is 2.00. The lowest BCUT2D eigenvalue weighted by atomic mass is 10.2. The highest BCUT2D eigenvalue weighted by molar-refractivity contribution is 5.93. The molecule has 88 valence electrons. The van der Waals surface area contributed by atoms with E-state index in [0.717, 1.165) is 6.20 Å². The van der Waals surface area contributed by atoms with Crippen LogP contribution in [0.4, 0.5) is 0 Å². The second-order valence-electron chi connectivity index (χ2n) is 3.17. The predicted octanol–water partition coefficient (Wildman–Crippen LogP) is 0.923. The lowest BCUT2D eigenvalue weighted by Gasteiger charge is -2.02. The maximum Gasteiger partial charge on any atom is 0.337 e. The van der Waals surface area contributed by atoms with Crippen LogP contribution in [0.1, 0.15) is 34.2 Å². The number of aromatic carboxylic acids is 1. The monoisotopic (exact) mass is 232 g/mol. The van der Waals surface area contributed by atoms with Crippen molar-refractivity contribution in [2.24, 2.45) is 0 Å². The van der Waals surface area contributed by atoms with E-state index in [2.05, 4.69) is 22.1 Å². The van der Waals surface area contributed by atoms with Gasteiger partial charge in [0.2, 0.25) is 0 Å². The van der Waals surface area contributed by atoms with Gasteiger partial charge in [-0.05, 0) is 19.1 Å². The highest BCUT2D eigenvalue weighted by Gasteiger charge is 2.08. The summed E-state index contributed by atoms with van der Waals surface area (Å²) in [6.45, 7) is 2.18. The zero-order valence-corrected chi connectivity index (χ0v) is 9.36. The van der Waals surface area contributed by atoms with E-state index in [-0.39, 0.29) is 17.2 Å². The van der Waals surface area contributed by atoms with Gasteiger partial charge >= 0.3 is 5.97 Å². The number of hydrogen-bond donors (Lipinski definition) is 2. The van der Waals surface area contributed by atoms with Crippen molar-refractivity contribution in [1.29, 1.82) is 0 Å². The van der Waals surface area contributed by atoms with E-state index in [1.54, 1.807) is 6.92 Å². The van der Waals surface area contributed by atoms with Gasteiger partial charge in [0.05, 0.1) is 5.56 Å². The Morgan fingerprint density at radius 2 is 2.24 bits per heavy atom. The molecule has 17 heavy (non-hydrogen) atoms. The maximum absolute atomic E-state index is 11.5. The fraction of sp³-hybridized carbons (Fsp3) is 0.250. The summed E-state index contributed by atoms with van der Waals surface area (Å²) in [7, 11) is 0. The van der Waals surface area contributed by atoms with E-state index in [1.165, 1.54) is 12.1 Å². The molecule has 1 amide bonds. The summed E-state index contributed by atoms with van der Waals surface area (Å²) in [5.74, 6) is 4.13. The van der Waals surface area contributed by atoms with Gasteiger partial charge in [-0.3, -0.25) is 9.78 Å². The quantitative estimate of drug-likeness (QED) is 0.597. The molecule has 0 aliphatic rings. The van der Waals surface area contributed by atoms with E-state index in [4.69, 9.17) is 5.11 Å². The van der Waals surface area contributed by atoms with Gasteiger partial charge < -0.3 is 10.4 Å². The van der Waals surface area contributed by atoms with Gasteiger partial charge in [-0.2, -0.15) is 0 Å². The number of amides is 1. The summed E-state index contributed by atoms with van der Waals surface area (Å²) >= 11 is 0. The molecule has 0 aromatic carbocycles. The van der Waals surface area contributed by atoms with E-state index in [0.29, 0.717) is 13.0 Å². The van der Waals surface area contributed by atoms with Crippen LogP contribution in [-0.4, -0.2) is 28.5 Å². The van der Waals surface area contributed by atoms with Crippen LogP contribution in [0, 0.1) is 11.8 Å². The third kappa shape index (κ3) is 3.95. The molecular weight excluding hydrogens is 220 g/mol. The van der Waals surface area contributed by atoms with Crippen LogP contribution in [-0.2, 0) is 0 Å². The third-order valence-electron chi connectivity index (χ3n) is 1.96. The number of carbonyl (C=O) groups is 2. The molecule has 0 unspecified atom stereocenters. The van der Waals surface area contributed by atoms with Crippen LogP contribution in [0.3, 0.4) is 0 Å². The number of pyridine rings is 1. The zero-order chi connectivity index (χ0) is 12.7. The van der Waals surface area contributed by atoms with Crippen molar-refractivity contribution in [3.63, 3.8) is 0 Å². The number of carbonyl (C=O) groups excluding carboxylic acids is 1. The topological polar surface area (TPSA) is 79.3 Å². The van der Waals surface area contributed by atoms with Crippen LogP contribution >= 0.6 is 0 Å². The summed E-state index contributed by atoms with van der Waals surface area (Å²) in [6.07, 6.45) is 1.73. The van der Waals surface area contributed by atoms with Gasteiger partial charge in [-0.15, -0.1) is 11.8 Å². The first-order chi connectivity index (χ1) is 8.15. The van der Waals surface area contributed by atoms with E-state index in [1.807, 2.05) is 0 Å². The molecule has 5 nitrogen and oxygen atoms in total. The van der Waals surface area contributed by atoms with Crippen molar-refractivity contribution in [1.82, 2.24) is 10.3 Å². The molecule has 0 saturated heterocycles. The fourth-order valence-corrected chi connectivity index (χ4v) is 1.11. The molecule has 1 aromatic rings. The Morgan fingerprint density at radius 3 is 2.76 bits per heavy atom. The third-order valence-corrected chi connectivity index (χ3v) is 1.96. The molecule has 0 fully saturated rings. The second kappa shape index (κ2) is 6.28. The first-order valence-electron chi connectivity index (χ1n) is 5.02. The Hall–Kier alpha value is -2.35. The molecule has 0 saturated carbocycles. The SMILES string of the molecule is CC#CCCNC(=O)c1ccc(C(=O)O)cn1. The Morgan fingerprint density at radius 1 is 1.47 bits per heavy atom. The molecule has 0 aliphatic carbocycles. The van der Waals surface area contributed by atoms with Gasteiger partial charge in [0.25, 0.3) is 5.91 Å². The van der Waals surface area contributed by atoms with Crippen LogP contribution in [0.15, 0.2) is 18.3 Å². The van der Waals surface area contributed by atoms with Crippen molar-refractivity contribution < 1.29 is 14.7 Å². The molecule has 2 N–H and O–H groups in total. The molecule has 5 heteroatoms. The Labute approximate surface area is 98.9 Å². The molecule has 1 aromatic heterocycles. The average molecular weight is 232 g/mol. The first kappa shape index (κ1) is 12.7. The average Bonchev–Trinajstić information content (AvgIpc) is 2.34. The number of nitrogens with one attached hydrogen (secondary N) is 1. The summed E-state index contributed by atoms with van der Waals surface area (Å²) in [4.78, 5) is 25.9. The second-order valence-corrected chi connectivity index (χ2v) is 3.17. The van der Waals surface area contributed by atoms with Gasteiger partial charge in [0.1, 0.15) is 5.69 Å². The normalized spacial score (nSPS) is 9.00. The summed E-state index contributed by atoms with van der Waals surface area (Å²) < 4.78 is 0. The number of carboxylic acids is 1. The largest absolute Gasteiger partial charge is 0.478 e. The Balaban J connectivity index is 2.56. The molecule has 0 radical (unpaired) electrons. The number of aromatic nitrogens is 1. The fourth-order valence-electron chi connectivity index (χ4n) is 1.11. The lowest BCUT2D eigenvalue weighted by molar-refractivity contribution is 0.0695. The number of nitrogens with zero attached hydrogens (tertiary/aromatic N) is 1. The number of hydrogen-bond acceptors (Lipinski definition) is 3. The molecule has 1 heterocycles. The van der Waals surface area contributed by atoms with E-state index in [9.17, 15) is 9.59 Å². The Kier molecular flexibility index (Phi) is 4.70. The lowest BCUT2D eigenvalue weighted by Crippen LogP contribution is -2.25. The van der Waals surface area contributed by atoms with Crippen LogP contribution in [0.25, 0.3) is 0 Å². The minimum atomic E-state index is -1.07. The molecule has 0 atom stereocenters. The van der Waals surface area contributed by atoms with E-state index < -0.39 is 5.97 Å². The van der Waals surface area contributed by atoms with Crippen LogP contribution < -0.4 is 5.32 Å². The van der Waals surface area contributed by atoms with Gasteiger partial charge in [0, 0.05) is 19.2 Å². The molecular formula is C12H12N2O3. The highest BCUT2D eigenvalue weighted by atomic mass is 16.4. The summed E-state index contributed by atoms with van der Waals surface area (Å²) in [6, 6.07) is 2.72. The molecule has 0 aliphatic heterocycles. The summed E-state index contributed by atoms with van der Waals surface area (Å²) in [5, 5.41) is 11.3. The van der Waals surface area contributed by atoms with Crippen molar-refractivity contribution in [3.8, 4) is 11.8 Å². The van der Waals surface area contributed by atoms with Crippen LogP contribution in [0.2, 0.25) is 0 Å². The van der Waals surface area contributed by atoms with Crippen molar-refractivity contribution >= 4 is 11.9 Å². The van der Waals surface area contributed by atoms with Crippen molar-refractivity contribution in [2.45, 2.75) is 13.3 Å². The minimum absolute atomic E-state index is 0.0541. The van der Waals surface area contributed by atoms with Crippen molar-refractivity contribution in [3.05, 3.63) is 29.6 Å². The standard InChI is InChI=1S/C12H12N2O3/c1-2-3-4-7-13-11(15)10-6-5-9(8-14-10)12(16)17/h5-6,8H,4,7H2,1H3,(H,13,15)(H,16,17). The van der Waals surface area contributed by atoms with Gasteiger partial charge in [-0.25, -0.2) is 4.79 Å². The molecule has 0 bridgehead atoms. The number of rotatable bonds is 4. The smallest absolute Gasteiger partial charge is 0.337 e. The maximum atomic E-state index is 11.5. The van der Waals surface area contributed by atoms with Gasteiger partial charge in [-0.1, -0.05) is 0 Å². The van der Waals surface area contributed by atoms with E-state index >= 15 is 0 Å². The number of carboxylic acid groups (broad SMARTS) is 1. The summed E-state index contributed by atoms with van der Waals surface area (Å²) in [5.41, 5.74) is 0.248. The molecule has 1 rings (SSSR count). The van der Waals surface area contributed by atoms with Gasteiger partial charge in [0.15, 0.2) is 0 Å². The zero-order valence-electron chi connectivity index (χ0n) is 9.36.